The van der Waals surface area contributed by atoms with E-state index in [1.807, 2.05) is 65.8 Å². The van der Waals surface area contributed by atoms with Gasteiger partial charge < -0.3 is 14.3 Å². The summed E-state index contributed by atoms with van der Waals surface area (Å²) in [5, 5.41) is 5.02. The zero-order valence-corrected chi connectivity index (χ0v) is 16.6. The number of benzene rings is 2. The van der Waals surface area contributed by atoms with E-state index in [0.717, 1.165) is 49.2 Å². The number of aromatic nitrogens is 2. The topological polar surface area (TPSA) is 63.7 Å². The van der Waals surface area contributed by atoms with Gasteiger partial charge in [0.1, 0.15) is 12.1 Å². The van der Waals surface area contributed by atoms with Gasteiger partial charge in [-0.25, -0.2) is 0 Å². The highest BCUT2D eigenvalue weighted by Crippen LogP contribution is 2.29. The number of quaternary nitrogens is 1. The van der Waals surface area contributed by atoms with Crippen LogP contribution in [-0.2, 0) is 6.54 Å². The molecule has 0 aliphatic carbocycles. The number of nitrogens with one attached hydrogen (secondary N) is 1. The standard InChI is InChI=1S/C24H22N4O2/c29-24(28-14-12-27(13-15-28)17-18-8-10-25-11-9-18)20-6-7-22-21(16-20)23(30-26-22)19-4-2-1-3-5-19/h1-11,16H,12-15,17H2/p+1. The molecule has 1 N–H and O–H groups in total. The van der Waals surface area contributed by atoms with Gasteiger partial charge in [0, 0.05) is 29.1 Å². The van der Waals surface area contributed by atoms with Crippen LogP contribution in [0.15, 0.2) is 77.6 Å². The van der Waals surface area contributed by atoms with E-state index >= 15 is 0 Å². The molecule has 1 fully saturated rings. The van der Waals surface area contributed by atoms with Crippen LogP contribution in [0.1, 0.15) is 15.9 Å². The summed E-state index contributed by atoms with van der Waals surface area (Å²) in [7, 11) is 0. The first-order valence-corrected chi connectivity index (χ1v) is 10.2. The molecule has 0 unspecified atom stereocenters. The maximum Gasteiger partial charge on any atom is 0.254 e. The van der Waals surface area contributed by atoms with Crippen LogP contribution in [0, 0.1) is 0 Å². The van der Waals surface area contributed by atoms with Crippen LogP contribution in [0.5, 0.6) is 0 Å². The van der Waals surface area contributed by atoms with Crippen molar-refractivity contribution in [2.45, 2.75) is 6.54 Å². The Balaban J connectivity index is 1.31. The van der Waals surface area contributed by atoms with Gasteiger partial charge in [-0.1, -0.05) is 35.5 Å². The molecule has 2 aromatic heterocycles. The Kier molecular flexibility index (Phi) is 4.99. The van der Waals surface area contributed by atoms with E-state index in [9.17, 15) is 4.79 Å². The Hall–Kier alpha value is -3.51. The molecule has 4 aromatic rings. The lowest BCUT2D eigenvalue weighted by Gasteiger charge is -2.32. The van der Waals surface area contributed by atoms with E-state index in [2.05, 4.69) is 22.3 Å². The van der Waals surface area contributed by atoms with Crippen LogP contribution >= 0.6 is 0 Å². The highest BCUT2D eigenvalue weighted by Gasteiger charge is 2.25. The van der Waals surface area contributed by atoms with Crippen LogP contribution in [-0.4, -0.2) is 47.1 Å². The molecule has 3 heterocycles. The normalized spacial score (nSPS) is 14.9. The third-order valence-corrected chi connectivity index (χ3v) is 5.72. The molecule has 0 atom stereocenters. The zero-order valence-electron chi connectivity index (χ0n) is 16.6. The molecule has 150 valence electrons. The lowest BCUT2D eigenvalue weighted by atomic mass is 10.1. The average Bonchev–Trinajstić information content (AvgIpc) is 3.24. The van der Waals surface area contributed by atoms with Crippen molar-refractivity contribution in [3.8, 4) is 11.3 Å². The largest absolute Gasteiger partial charge is 0.355 e. The zero-order chi connectivity index (χ0) is 20.3. The molecule has 30 heavy (non-hydrogen) atoms. The number of fused-ring (bicyclic) bond motifs is 1. The monoisotopic (exact) mass is 399 g/mol. The average molecular weight is 399 g/mol. The van der Waals surface area contributed by atoms with Crippen molar-refractivity contribution in [2.75, 3.05) is 26.2 Å². The summed E-state index contributed by atoms with van der Waals surface area (Å²) in [4.78, 5) is 20.7. The lowest BCUT2D eigenvalue weighted by Crippen LogP contribution is -3.13. The molecule has 5 rings (SSSR count). The molecule has 6 heteroatoms. The Labute approximate surface area is 174 Å². The molecule has 2 aromatic carbocycles. The van der Waals surface area contributed by atoms with E-state index in [-0.39, 0.29) is 5.91 Å². The summed E-state index contributed by atoms with van der Waals surface area (Å²) >= 11 is 0. The van der Waals surface area contributed by atoms with Crippen LogP contribution in [0.3, 0.4) is 0 Å². The number of hydrogen-bond donors (Lipinski definition) is 1. The number of carbonyl (C=O) groups excluding carboxylic acids is 1. The summed E-state index contributed by atoms with van der Waals surface area (Å²) in [6.45, 7) is 4.37. The molecule has 1 aliphatic rings. The van der Waals surface area contributed by atoms with Crippen molar-refractivity contribution in [1.29, 1.82) is 0 Å². The van der Waals surface area contributed by atoms with Gasteiger partial charge in [0.2, 0.25) is 0 Å². The van der Waals surface area contributed by atoms with E-state index in [1.54, 1.807) is 0 Å². The SMILES string of the molecule is O=C(c1ccc2noc(-c3ccccc3)c2c1)N1CC[NH+](Cc2ccncc2)CC1. The van der Waals surface area contributed by atoms with Crippen molar-refractivity contribution in [3.05, 3.63) is 84.2 Å². The lowest BCUT2D eigenvalue weighted by molar-refractivity contribution is -0.917. The fourth-order valence-electron chi connectivity index (χ4n) is 4.05. The Morgan fingerprint density at radius 2 is 1.77 bits per heavy atom. The van der Waals surface area contributed by atoms with Gasteiger partial charge in [-0.15, -0.1) is 0 Å². The second-order valence-corrected chi connectivity index (χ2v) is 7.68. The van der Waals surface area contributed by atoms with Crippen molar-refractivity contribution in [1.82, 2.24) is 15.0 Å². The number of hydrogen-bond acceptors (Lipinski definition) is 4. The van der Waals surface area contributed by atoms with Gasteiger partial charge in [0.05, 0.1) is 31.6 Å². The molecule has 0 bridgehead atoms. The van der Waals surface area contributed by atoms with Crippen LogP contribution in [0.25, 0.3) is 22.2 Å². The molecule has 6 nitrogen and oxygen atoms in total. The fraction of sp³-hybridized carbons (Fsp3) is 0.208. The van der Waals surface area contributed by atoms with E-state index in [0.29, 0.717) is 11.3 Å². The number of nitrogens with zero attached hydrogens (tertiary/aromatic N) is 3. The van der Waals surface area contributed by atoms with Gasteiger partial charge >= 0.3 is 0 Å². The van der Waals surface area contributed by atoms with Gasteiger partial charge in [0.15, 0.2) is 5.76 Å². The third-order valence-electron chi connectivity index (χ3n) is 5.72. The Morgan fingerprint density at radius 3 is 2.53 bits per heavy atom. The van der Waals surface area contributed by atoms with Crippen molar-refractivity contribution in [2.24, 2.45) is 0 Å². The smallest absolute Gasteiger partial charge is 0.254 e. The molecular formula is C24H23N4O2+. The van der Waals surface area contributed by atoms with Gasteiger partial charge in [0.25, 0.3) is 5.91 Å². The van der Waals surface area contributed by atoms with Crippen molar-refractivity contribution < 1.29 is 14.2 Å². The second kappa shape index (κ2) is 8.08. The minimum Gasteiger partial charge on any atom is -0.355 e. The second-order valence-electron chi connectivity index (χ2n) is 7.68. The predicted octanol–water partition coefficient (Wildman–Crippen LogP) is 2.43. The first-order valence-electron chi connectivity index (χ1n) is 10.2. The highest BCUT2D eigenvalue weighted by atomic mass is 16.5. The molecular weight excluding hydrogens is 376 g/mol. The van der Waals surface area contributed by atoms with Crippen molar-refractivity contribution in [3.63, 3.8) is 0 Å². The summed E-state index contributed by atoms with van der Waals surface area (Å²) in [5.74, 6) is 0.770. The summed E-state index contributed by atoms with van der Waals surface area (Å²) in [5.41, 5.74) is 3.68. The van der Waals surface area contributed by atoms with Crippen molar-refractivity contribution >= 4 is 16.8 Å². The van der Waals surface area contributed by atoms with Crippen LogP contribution in [0.2, 0.25) is 0 Å². The number of amides is 1. The summed E-state index contributed by atoms with van der Waals surface area (Å²) < 4.78 is 5.57. The van der Waals surface area contributed by atoms with Gasteiger partial charge in [-0.2, -0.15) is 0 Å². The number of pyridine rings is 1. The molecule has 0 radical (unpaired) electrons. The number of piperazine rings is 1. The molecule has 1 aliphatic heterocycles. The maximum atomic E-state index is 13.1. The number of carbonyl (C=O) groups is 1. The molecule has 0 spiro atoms. The number of rotatable bonds is 4. The first kappa shape index (κ1) is 18.5. The minimum atomic E-state index is 0.0695. The summed E-state index contributed by atoms with van der Waals surface area (Å²) in [6, 6.07) is 19.6. The molecule has 0 saturated carbocycles. The third kappa shape index (κ3) is 3.69. The maximum absolute atomic E-state index is 13.1. The fourth-order valence-corrected chi connectivity index (χ4v) is 4.05. The van der Waals surface area contributed by atoms with E-state index in [4.69, 9.17) is 4.52 Å². The van der Waals surface area contributed by atoms with Crippen LogP contribution < -0.4 is 4.90 Å². The van der Waals surface area contributed by atoms with Gasteiger partial charge in [-0.05, 0) is 30.3 Å². The quantitative estimate of drug-likeness (QED) is 0.573. The first-order chi connectivity index (χ1) is 14.8. The van der Waals surface area contributed by atoms with Crippen LogP contribution in [0.4, 0.5) is 0 Å². The molecule has 1 amide bonds. The van der Waals surface area contributed by atoms with E-state index in [1.165, 1.54) is 10.5 Å². The molecule has 1 saturated heterocycles. The highest BCUT2D eigenvalue weighted by molar-refractivity contribution is 6.01. The minimum absolute atomic E-state index is 0.0695. The predicted molar refractivity (Wildman–Crippen MR) is 114 cm³/mol. The van der Waals surface area contributed by atoms with E-state index < -0.39 is 0 Å². The Bertz CT molecular complexity index is 1150. The van der Waals surface area contributed by atoms with Gasteiger partial charge in [-0.3, -0.25) is 9.78 Å². The Morgan fingerprint density at radius 1 is 1.00 bits per heavy atom. The summed E-state index contributed by atoms with van der Waals surface area (Å²) in [6.07, 6.45) is 3.66.